The highest BCUT2D eigenvalue weighted by Crippen LogP contribution is 2.24. The quantitative estimate of drug-likeness (QED) is 0.0375. The Morgan fingerprint density at radius 3 is 2.02 bits per heavy atom. The SMILES string of the molecule is NCCCC[C@H](NC(=O)CCNC(=O)CCCCCCCCCCCNC(=O)[C@H](Cc1ccc(OC(=O)c2ccccn2)cc1)NC(=O)C1CCC(N)CC1)C(N)=O. The Balaban J connectivity index is 1.28. The molecule has 1 aliphatic carbocycles. The van der Waals surface area contributed by atoms with E-state index in [1.807, 2.05) is 0 Å². The van der Waals surface area contributed by atoms with E-state index in [0.717, 1.165) is 82.6 Å². The summed E-state index contributed by atoms with van der Waals surface area (Å²) < 4.78 is 5.43. The number of benzene rings is 1. The number of hydrogen-bond acceptors (Lipinski definition) is 10. The van der Waals surface area contributed by atoms with Crippen LogP contribution in [-0.4, -0.2) is 78.2 Å². The van der Waals surface area contributed by atoms with Gasteiger partial charge in [0.1, 0.15) is 23.5 Å². The zero-order chi connectivity index (χ0) is 42.0. The lowest BCUT2D eigenvalue weighted by Crippen LogP contribution is -2.50. The molecule has 10 N–H and O–H groups in total. The summed E-state index contributed by atoms with van der Waals surface area (Å²) in [7, 11) is 0. The second-order valence-electron chi connectivity index (χ2n) is 15.3. The van der Waals surface area contributed by atoms with E-state index in [1.165, 1.54) is 6.20 Å². The molecule has 1 saturated carbocycles. The van der Waals surface area contributed by atoms with Crippen molar-refractivity contribution in [3.05, 3.63) is 59.9 Å². The Labute approximate surface area is 343 Å². The van der Waals surface area contributed by atoms with Crippen LogP contribution in [0, 0.1) is 5.92 Å². The van der Waals surface area contributed by atoms with Gasteiger partial charge in [-0.3, -0.25) is 24.0 Å². The van der Waals surface area contributed by atoms with Gasteiger partial charge < -0.3 is 43.2 Å². The van der Waals surface area contributed by atoms with Gasteiger partial charge in [0.25, 0.3) is 0 Å². The topological polar surface area (TPSA) is 251 Å². The number of primary amides is 1. The average molecular weight is 807 g/mol. The summed E-state index contributed by atoms with van der Waals surface area (Å²) in [5.74, 6) is -1.72. The van der Waals surface area contributed by atoms with Crippen LogP contribution >= 0.6 is 0 Å². The first-order chi connectivity index (χ1) is 28.0. The van der Waals surface area contributed by atoms with Gasteiger partial charge in [-0.1, -0.05) is 63.1 Å². The van der Waals surface area contributed by atoms with Gasteiger partial charge in [-0.15, -0.1) is 0 Å². The van der Waals surface area contributed by atoms with Crippen molar-refractivity contribution in [3.63, 3.8) is 0 Å². The lowest BCUT2D eigenvalue weighted by Gasteiger charge is -2.27. The van der Waals surface area contributed by atoms with E-state index < -0.39 is 24.0 Å². The third-order valence-electron chi connectivity index (χ3n) is 10.4. The van der Waals surface area contributed by atoms with Crippen LogP contribution in [0.5, 0.6) is 5.75 Å². The van der Waals surface area contributed by atoms with Crippen molar-refractivity contribution in [2.24, 2.45) is 23.1 Å². The monoisotopic (exact) mass is 807 g/mol. The van der Waals surface area contributed by atoms with Gasteiger partial charge in [-0.05, 0) is 94.2 Å². The molecule has 58 heavy (non-hydrogen) atoms. The number of hydrogen-bond donors (Lipinski definition) is 7. The molecule has 5 amide bonds. The molecule has 1 fully saturated rings. The lowest BCUT2D eigenvalue weighted by molar-refractivity contribution is -0.131. The largest absolute Gasteiger partial charge is 0.422 e. The minimum atomic E-state index is -0.748. The number of pyridine rings is 1. The minimum absolute atomic E-state index is 0.0835. The molecule has 0 aliphatic heterocycles. The number of nitrogens with two attached hydrogens (primary N) is 3. The van der Waals surface area contributed by atoms with Gasteiger partial charge in [0, 0.05) is 50.5 Å². The third-order valence-corrected chi connectivity index (χ3v) is 10.4. The van der Waals surface area contributed by atoms with Crippen molar-refractivity contribution >= 4 is 35.5 Å². The molecule has 2 atom stereocenters. The fraction of sp³-hybridized carbons (Fsp3) is 0.605. The molecular weight excluding hydrogens is 741 g/mol. The van der Waals surface area contributed by atoms with Crippen LogP contribution in [0.15, 0.2) is 48.7 Å². The van der Waals surface area contributed by atoms with Crippen LogP contribution in [0.2, 0.25) is 0 Å². The molecule has 0 bridgehead atoms. The number of amides is 5. The molecule has 1 aromatic heterocycles. The fourth-order valence-electron chi connectivity index (χ4n) is 6.88. The van der Waals surface area contributed by atoms with Gasteiger partial charge >= 0.3 is 5.97 Å². The molecule has 15 nitrogen and oxygen atoms in total. The average Bonchev–Trinajstić information content (AvgIpc) is 3.21. The first-order valence-corrected chi connectivity index (χ1v) is 21.2. The first kappa shape index (κ1) is 47.5. The number of nitrogens with one attached hydrogen (secondary N) is 4. The normalized spacial score (nSPS) is 16.0. The van der Waals surface area contributed by atoms with E-state index in [2.05, 4.69) is 26.3 Å². The number of aromatic nitrogens is 1. The number of esters is 1. The van der Waals surface area contributed by atoms with E-state index >= 15 is 0 Å². The van der Waals surface area contributed by atoms with Crippen molar-refractivity contribution < 1.29 is 33.5 Å². The number of ether oxygens (including phenoxy) is 1. The predicted molar refractivity (Wildman–Crippen MR) is 222 cm³/mol. The Bertz CT molecular complexity index is 1550. The van der Waals surface area contributed by atoms with Crippen LogP contribution in [0.1, 0.15) is 132 Å². The standard InChI is InChI=1S/C43H66N8O7/c44-26-11-9-14-35(40(46)54)50-39(53)25-29-48-38(52)16-8-6-4-2-1-3-5-7-12-28-49-42(56)37(51-41(55)32-19-21-33(45)22-20-32)30-31-17-23-34(24-18-31)58-43(57)36-15-10-13-27-47-36/h10,13,15,17-18,23-24,27,32-33,35,37H,1-9,11-12,14,16,19-22,25-26,28-30,44-45H2,(H2,46,54)(H,48,52)(H,49,56)(H,50,53)(H,51,55)/t32?,33?,35-,37-/m0/s1. The van der Waals surface area contributed by atoms with Crippen molar-refractivity contribution in [1.29, 1.82) is 0 Å². The summed E-state index contributed by atoms with van der Waals surface area (Å²) in [6.45, 7) is 1.24. The highest BCUT2D eigenvalue weighted by molar-refractivity contribution is 5.90. The summed E-state index contributed by atoms with van der Waals surface area (Å²) >= 11 is 0. The second-order valence-corrected chi connectivity index (χ2v) is 15.3. The maximum absolute atomic E-state index is 13.4. The molecule has 0 saturated heterocycles. The zero-order valence-corrected chi connectivity index (χ0v) is 34.0. The number of carbonyl (C=O) groups is 6. The van der Waals surface area contributed by atoms with E-state index in [4.69, 9.17) is 21.9 Å². The Morgan fingerprint density at radius 2 is 1.38 bits per heavy atom. The number of nitrogens with zero attached hydrogens (tertiary/aromatic N) is 1. The number of carbonyl (C=O) groups excluding carboxylic acids is 6. The van der Waals surface area contributed by atoms with Gasteiger partial charge in [0.2, 0.25) is 29.5 Å². The Hall–Kier alpha value is -4.89. The molecule has 0 unspecified atom stereocenters. The smallest absolute Gasteiger partial charge is 0.362 e. The second kappa shape index (κ2) is 27.7. The van der Waals surface area contributed by atoms with Gasteiger partial charge in [-0.25, -0.2) is 9.78 Å². The summed E-state index contributed by atoms with van der Waals surface area (Å²) in [6.07, 6.45) is 16.1. The lowest BCUT2D eigenvalue weighted by atomic mass is 9.85. The number of rotatable bonds is 28. The summed E-state index contributed by atoms with van der Waals surface area (Å²) in [6, 6.07) is 10.5. The van der Waals surface area contributed by atoms with Gasteiger partial charge in [-0.2, -0.15) is 0 Å². The molecule has 3 rings (SSSR count). The predicted octanol–water partition coefficient (Wildman–Crippen LogP) is 3.47. The molecule has 15 heteroatoms. The van der Waals surface area contributed by atoms with Crippen LogP contribution < -0.4 is 43.2 Å². The molecule has 1 aliphatic rings. The molecule has 0 radical (unpaired) electrons. The van der Waals surface area contributed by atoms with Crippen LogP contribution in [0.25, 0.3) is 0 Å². The molecule has 320 valence electrons. The van der Waals surface area contributed by atoms with E-state index in [1.54, 1.807) is 42.5 Å². The molecular formula is C43H66N8O7. The summed E-state index contributed by atoms with van der Waals surface area (Å²) in [4.78, 5) is 78.9. The van der Waals surface area contributed by atoms with Crippen molar-refractivity contribution in [1.82, 2.24) is 26.3 Å². The van der Waals surface area contributed by atoms with E-state index in [-0.39, 0.29) is 60.7 Å². The maximum atomic E-state index is 13.4. The van der Waals surface area contributed by atoms with E-state index in [0.29, 0.717) is 50.9 Å². The van der Waals surface area contributed by atoms with Crippen LogP contribution in [0.3, 0.4) is 0 Å². The molecule has 2 aromatic rings. The Morgan fingerprint density at radius 1 is 0.707 bits per heavy atom. The highest BCUT2D eigenvalue weighted by atomic mass is 16.5. The first-order valence-electron chi connectivity index (χ1n) is 21.2. The maximum Gasteiger partial charge on any atom is 0.362 e. The highest BCUT2D eigenvalue weighted by Gasteiger charge is 2.29. The summed E-state index contributed by atoms with van der Waals surface area (Å²) in [5, 5.41) is 11.4. The van der Waals surface area contributed by atoms with Crippen molar-refractivity contribution in [2.75, 3.05) is 19.6 Å². The van der Waals surface area contributed by atoms with Gasteiger partial charge in [0.15, 0.2) is 0 Å². The van der Waals surface area contributed by atoms with E-state index in [9.17, 15) is 28.8 Å². The van der Waals surface area contributed by atoms with Crippen LogP contribution in [0.4, 0.5) is 0 Å². The zero-order valence-electron chi connectivity index (χ0n) is 34.0. The van der Waals surface area contributed by atoms with Crippen molar-refractivity contribution in [3.8, 4) is 5.75 Å². The Kier molecular flexibility index (Phi) is 22.7. The molecule has 1 aromatic carbocycles. The molecule has 0 spiro atoms. The third kappa shape index (κ3) is 19.5. The minimum Gasteiger partial charge on any atom is -0.422 e. The summed E-state index contributed by atoms with van der Waals surface area (Å²) in [5.41, 5.74) is 17.9. The number of unbranched alkanes of at least 4 members (excludes halogenated alkanes) is 9. The van der Waals surface area contributed by atoms with Gasteiger partial charge in [0.05, 0.1) is 0 Å². The van der Waals surface area contributed by atoms with Crippen LogP contribution in [-0.2, 0) is 30.4 Å². The molecule has 1 heterocycles. The fourth-order valence-corrected chi connectivity index (χ4v) is 6.88. The van der Waals surface area contributed by atoms with Crippen molar-refractivity contribution in [2.45, 2.75) is 140 Å².